The van der Waals surface area contributed by atoms with Gasteiger partial charge in [0.25, 0.3) is 5.69 Å². The zero-order valence-corrected chi connectivity index (χ0v) is 8.39. The van der Waals surface area contributed by atoms with Crippen molar-refractivity contribution in [3.05, 3.63) is 51.1 Å². The number of ketones is 2. The Bertz CT molecular complexity index is 557. The number of fused-ring (bicyclic) bond motifs is 1. The van der Waals surface area contributed by atoms with E-state index in [0.717, 1.165) is 12.2 Å². The summed E-state index contributed by atoms with van der Waals surface area (Å²) in [5.41, 5.74) is 0.297. The molecular formula is C11H7NO4. The Hall–Kier alpha value is -2.30. The lowest BCUT2D eigenvalue weighted by atomic mass is 9.90. The van der Waals surface area contributed by atoms with Crippen LogP contribution in [0.3, 0.4) is 0 Å². The second kappa shape index (κ2) is 3.37. The van der Waals surface area contributed by atoms with E-state index in [1.807, 2.05) is 0 Å². The monoisotopic (exact) mass is 217 g/mol. The third-order valence-corrected chi connectivity index (χ3v) is 2.47. The average molecular weight is 217 g/mol. The second-order valence-corrected chi connectivity index (χ2v) is 3.47. The molecule has 0 aliphatic heterocycles. The lowest BCUT2D eigenvalue weighted by Gasteiger charge is -2.11. The number of carbonyl (C=O) groups excluding carboxylic acids is 2. The van der Waals surface area contributed by atoms with E-state index in [4.69, 9.17) is 0 Å². The predicted octanol–water partition coefficient (Wildman–Crippen LogP) is 1.84. The minimum Gasteiger partial charge on any atom is -0.289 e. The van der Waals surface area contributed by atoms with Gasteiger partial charge in [0.15, 0.2) is 11.6 Å². The SMILES string of the molecule is Cc1ccc([N+](=O)[O-])c2c1C(=O)C=CC2=O. The number of nitro benzene ring substituents is 1. The zero-order valence-electron chi connectivity index (χ0n) is 8.39. The summed E-state index contributed by atoms with van der Waals surface area (Å²) in [4.78, 5) is 33.2. The number of allylic oxidation sites excluding steroid dienone is 2. The first-order valence-electron chi connectivity index (χ1n) is 4.57. The molecule has 5 nitrogen and oxygen atoms in total. The molecule has 0 unspecified atom stereocenters. The molecule has 0 bridgehead atoms. The summed E-state index contributed by atoms with van der Waals surface area (Å²) in [6.45, 7) is 1.65. The highest BCUT2D eigenvalue weighted by molar-refractivity contribution is 6.24. The van der Waals surface area contributed by atoms with Crippen LogP contribution >= 0.6 is 0 Å². The Kier molecular flexibility index (Phi) is 2.16. The third kappa shape index (κ3) is 1.33. The van der Waals surface area contributed by atoms with E-state index in [1.165, 1.54) is 12.1 Å². The lowest BCUT2D eigenvalue weighted by molar-refractivity contribution is -0.385. The van der Waals surface area contributed by atoms with Crippen LogP contribution in [0.2, 0.25) is 0 Å². The van der Waals surface area contributed by atoms with E-state index >= 15 is 0 Å². The van der Waals surface area contributed by atoms with Gasteiger partial charge >= 0.3 is 0 Å². The largest absolute Gasteiger partial charge is 0.289 e. The molecule has 0 radical (unpaired) electrons. The van der Waals surface area contributed by atoms with E-state index in [-0.39, 0.29) is 22.6 Å². The van der Waals surface area contributed by atoms with Gasteiger partial charge in [-0.15, -0.1) is 0 Å². The number of aryl methyl sites for hydroxylation is 1. The fourth-order valence-electron chi connectivity index (χ4n) is 1.73. The topological polar surface area (TPSA) is 77.3 Å². The fraction of sp³-hybridized carbons (Fsp3) is 0.0909. The summed E-state index contributed by atoms with van der Waals surface area (Å²) in [5.74, 6) is -0.860. The van der Waals surface area contributed by atoms with Crippen molar-refractivity contribution in [2.45, 2.75) is 6.92 Å². The average Bonchev–Trinajstić information content (AvgIpc) is 2.23. The first-order chi connectivity index (χ1) is 7.52. The molecule has 0 spiro atoms. The van der Waals surface area contributed by atoms with Gasteiger partial charge in [-0.25, -0.2) is 0 Å². The van der Waals surface area contributed by atoms with Crippen LogP contribution in [0.4, 0.5) is 5.69 Å². The van der Waals surface area contributed by atoms with Gasteiger partial charge in [-0.2, -0.15) is 0 Å². The Morgan fingerprint density at radius 3 is 2.19 bits per heavy atom. The van der Waals surface area contributed by atoms with Crippen molar-refractivity contribution in [1.82, 2.24) is 0 Å². The molecule has 1 aromatic rings. The molecule has 1 aliphatic carbocycles. The molecule has 0 aromatic heterocycles. The molecule has 0 fully saturated rings. The molecule has 16 heavy (non-hydrogen) atoms. The summed E-state index contributed by atoms with van der Waals surface area (Å²) in [7, 11) is 0. The number of carbonyl (C=O) groups is 2. The molecule has 0 saturated carbocycles. The third-order valence-electron chi connectivity index (χ3n) is 2.47. The minimum atomic E-state index is -0.650. The van der Waals surface area contributed by atoms with Crippen LogP contribution < -0.4 is 0 Å². The van der Waals surface area contributed by atoms with Crippen molar-refractivity contribution in [3.63, 3.8) is 0 Å². The number of hydrogen-bond donors (Lipinski definition) is 0. The van der Waals surface area contributed by atoms with Crippen LogP contribution in [0.25, 0.3) is 0 Å². The van der Waals surface area contributed by atoms with Crippen molar-refractivity contribution in [2.24, 2.45) is 0 Å². The predicted molar refractivity (Wildman–Crippen MR) is 55.6 cm³/mol. The maximum atomic E-state index is 11.6. The van der Waals surface area contributed by atoms with Gasteiger partial charge in [0.1, 0.15) is 5.56 Å². The summed E-state index contributed by atoms with van der Waals surface area (Å²) in [6.07, 6.45) is 2.21. The number of hydrogen-bond acceptors (Lipinski definition) is 4. The van der Waals surface area contributed by atoms with Gasteiger partial charge in [0, 0.05) is 11.6 Å². The summed E-state index contributed by atoms with van der Waals surface area (Å²) in [6, 6.07) is 2.72. The van der Waals surface area contributed by atoms with E-state index in [2.05, 4.69) is 0 Å². The number of rotatable bonds is 1. The van der Waals surface area contributed by atoms with Crippen LogP contribution in [-0.2, 0) is 0 Å². The Labute approximate surface area is 90.5 Å². The molecule has 5 heteroatoms. The van der Waals surface area contributed by atoms with Crippen molar-refractivity contribution < 1.29 is 14.5 Å². The Morgan fingerprint density at radius 1 is 1.06 bits per heavy atom. The van der Waals surface area contributed by atoms with Crippen molar-refractivity contribution in [2.75, 3.05) is 0 Å². The van der Waals surface area contributed by atoms with Crippen molar-refractivity contribution >= 4 is 17.3 Å². The highest BCUT2D eigenvalue weighted by Crippen LogP contribution is 2.29. The molecule has 0 saturated heterocycles. The maximum absolute atomic E-state index is 11.6. The van der Waals surface area contributed by atoms with Crippen LogP contribution in [0.15, 0.2) is 24.3 Å². The highest BCUT2D eigenvalue weighted by atomic mass is 16.6. The fourth-order valence-corrected chi connectivity index (χ4v) is 1.73. The van der Waals surface area contributed by atoms with Gasteiger partial charge in [-0.3, -0.25) is 19.7 Å². The van der Waals surface area contributed by atoms with Crippen molar-refractivity contribution in [1.29, 1.82) is 0 Å². The molecule has 0 amide bonds. The summed E-state index contributed by atoms with van der Waals surface area (Å²) in [5, 5.41) is 10.8. The molecule has 0 heterocycles. The first-order valence-corrected chi connectivity index (χ1v) is 4.57. The maximum Gasteiger partial charge on any atom is 0.281 e. The van der Waals surface area contributed by atoms with Gasteiger partial charge in [-0.1, -0.05) is 6.07 Å². The summed E-state index contributed by atoms with van der Waals surface area (Å²) >= 11 is 0. The summed E-state index contributed by atoms with van der Waals surface area (Å²) < 4.78 is 0. The first kappa shape index (κ1) is 10.2. The van der Waals surface area contributed by atoms with Gasteiger partial charge < -0.3 is 0 Å². The Morgan fingerprint density at radius 2 is 1.62 bits per heavy atom. The van der Waals surface area contributed by atoms with Crippen LogP contribution in [-0.4, -0.2) is 16.5 Å². The van der Waals surface area contributed by atoms with Crippen LogP contribution in [0, 0.1) is 17.0 Å². The zero-order chi connectivity index (χ0) is 11.9. The van der Waals surface area contributed by atoms with Gasteiger partial charge in [0.05, 0.1) is 4.92 Å². The molecule has 0 atom stereocenters. The van der Waals surface area contributed by atoms with Crippen molar-refractivity contribution in [3.8, 4) is 0 Å². The molecule has 0 N–H and O–H groups in total. The molecular weight excluding hydrogens is 210 g/mol. The van der Waals surface area contributed by atoms with E-state index < -0.39 is 10.7 Å². The van der Waals surface area contributed by atoms with Crippen LogP contribution in [0.1, 0.15) is 26.3 Å². The second-order valence-electron chi connectivity index (χ2n) is 3.47. The minimum absolute atomic E-state index is 0.0995. The smallest absolute Gasteiger partial charge is 0.281 e. The highest BCUT2D eigenvalue weighted by Gasteiger charge is 2.29. The van der Waals surface area contributed by atoms with E-state index in [9.17, 15) is 19.7 Å². The molecule has 1 aliphatic rings. The van der Waals surface area contributed by atoms with E-state index in [0.29, 0.717) is 5.56 Å². The lowest BCUT2D eigenvalue weighted by Crippen LogP contribution is -2.15. The Balaban J connectivity index is 2.84. The quantitative estimate of drug-likeness (QED) is 0.531. The number of nitrogens with zero attached hydrogens (tertiary/aromatic N) is 1. The number of benzene rings is 1. The normalized spacial score (nSPS) is 13.8. The van der Waals surface area contributed by atoms with Gasteiger partial charge in [-0.05, 0) is 24.6 Å². The molecule has 1 aromatic carbocycles. The number of nitro groups is 1. The van der Waals surface area contributed by atoms with Crippen LogP contribution in [0.5, 0.6) is 0 Å². The molecule has 80 valence electrons. The van der Waals surface area contributed by atoms with E-state index in [1.54, 1.807) is 6.92 Å². The standard InChI is InChI=1S/C11H7NO4/c1-6-2-3-7(12(15)16)11-9(14)5-4-8(13)10(6)11/h2-5H,1H3. The molecule has 2 rings (SSSR count). The van der Waals surface area contributed by atoms with Gasteiger partial charge in [0.2, 0.25) is 0 Å².